The van der Waals surface area contributed by atoms with Gasteiger partial charge in [-0.15, -0.1) is 0 Å². The maximum absolute atomic E-state index is 13.2. The van der Waals surface area contributed by atoms with Crippen LogP contribution in [0.1, 0.15) is 58.8 Å². The van der Waals surface area contributed by atoms with Crippen LogP contribution in [-0.2, 0) is 17.8 Å². The summed E-state index contributed by atoms with van der Waals surface area (Å²) >= 11 is 0. The van der Waals surface area contributed by atoms with Crippen molar-refractivity contribution in [1.82, 2.24) is 14.4 Å². The Bertz CT molecular complexity index is 1080. The highest BCUT2D eigenvalue weighted by Crippen LogP contribution is 2.33. The molecule has 2 aromatic rings. The summed E-state index contributed by atoms with van der Waals surface area (Å²) in [6, 6.07) is 10.4. The van der Waals surface area contributed by atoms with Gasteiger partial charge in [0.05, 0.1) is 0 Å². The van der Waals surface area contributed by atoms with Gasteiger partial charge in [-0.3, -0.25) is 14.4 Å². The van der Waals surface area contributed by atoms with E-state index in [9.17, 15) is 14.4 Å². The zero-order valence-corrected chi connectivity index (χ0v) is 18.0. The van der Waals surface area contributed by atoms with Crippen LogP contribution < -0.4 is 5.56 Å². The average molecular weight is 420 g/mol. The highest BCUT2D eigenvalue weighted by atomic mass is 16.2. The van der Waals surface area contributed by atoms with Crippen molar-refractivity contribution >= 4 is 11.8 Å². The molecule has 162 valence electrons. The number of hydrogen-bond donors (Lipinski definition) is 0. The molecule has 31 heavy (non-hydrogen) atoms. The first-order chi connectivity index (χ1) is 15.0. The van der Waals surface area contributed by atoms with E-state index in [0.29, 0.717) is 38.0 Å². The summed E-state index contributed by atoms with van der Waals surface area (Å²) < 4.78 is 1.71. The summed E-state index contributed by atoms with van der Waals surface area (Å²) in [7, 11) is 0. The average Bonchev–Trinajstić information content (AvgIpc) is 3.63. The van der Waals surface area contributed by atoms with E-state index in [1.54, 1.807) is 9.47 Å². The number of hydrogen-bond acceptors (Lipinski definition) is 3. The van der Waals surface area contributed by atoms with E-state index in [1.807, 2.05) is 30.2 Å². The molecule has 1 saturated carbocycles. The summed E-state index contributed by atoms with van der Waals surface area (Å²) in [6.07, 6.45) is 6.04. The Balaban J connectivity index is 1.24. The van der Waals surface area contributed by atoms with E-state index in [4.69, 9.17) is 0 Å². The molecule has 1 aromatic carbocycles. The zero-order chi connectivity index (χ0) is 21.5. The molecule has 1 saturated heterocycles. The van der Waals surface area contributed by atoms with Gasteiger partial charge in [0.1, 0.15) is 5.56 Å². The van der Waals surface area contributed by atoms with Crippen LogP contribution in [0.3, 0.4) is 0 Å². The molecule has 2 fully saturated rings. The van der Waals surface area contributed by atoms with Crippen molar-refractivity contribution in [3.05, 3.63) is 69.1 Å². The largest absolute Gasteiger partial charge is 0.338 e. The predicted molar refractivity (Wildman–Crippen MR) is 118 cm³/mol. The number of likely N-dealkylation sites (tertiary alicyclic amines) is 1. The molecule has 6 nitrogen and oxygen atoms in total. The molecule has 6 heteroatoms. The molecule has 0 bridgehead atoms. The molecular formula is C25H29N3O3. The van der Waals surface area contributed by atoms with Crippen molar-refractivity contribution in [2.75, 3.05) is 19.6 Å². The fraction of sp³-hybridized carbons (Fsp3) is 0.480. The van der Waals surface area contributed by atoms with Gasteiger partial charge in [0, 0.05) is 44.3 Å². The quantitative estimate of drug-likeness (QED) is 0.769. The normalized spacial score (nSPS) is 19.3. The zero-order valence-electron chi connectivity index (χ0n) is 18.0. The number of pyridine rings is 1. The van der Waals surface area contributed by atoms with Gasteiger partial charge in [-0.25, -0.2) is 0 Å². The molecule has 5 rings (SSSR count). The second-order valence-electron chi connectivity index (χ2n) is 9.16. The van der Waals surface area contributed by atoms with E-state index in [1.165, 1.54) is 11.1 Å². The molecule has 1 aliphatic carbocycles. The Morgan fingerprint density at radius 1 is 0.903 bits per heavy atom. The van der Waals surface area contributed by atoms with Crippen LogP contribution in [0.4, 0.5) is 0 Å². The van der Waals surface area contributed by atoms with Crippen molar-refractivity contribution in [2.45, 2.75) is 51.6 Å². The third-order valence-electron chi connectivity index (χ3n) is 7.06. The van der Waals surface area contributed by atoms with Crippen LogP contribution in [0.25, 0.3) is 0 Å². The number of aromatic nitrogens is 1. The lowest BCUT2D eigenvalue weighted by Crippen LogP contribution is -2.46. The molecule has 1 aromatic heterocycles. The van der Waals surface area contributed by atoms with Gasteiger partial charge in [0.2, 0.25) is 5.91 Å². The van der Waals surface area contributed by atoms with Crippen LogP contribution in [0.15, 0.2) is 41.3 Å². The molecule has 0 N–H and O–H groups in total. The van der Waals surface area contributed by atoms with Crippen molar-refractivity contribution in [2.24, 2.45) is 5.92 Å². The minimum Gasteiger partial charge on any atom is -0.338 e. The highest BCUT2D eigenvalue weighted by Gasteiger charge is 2.34. The molecule has 0 unspecified atom stereocenters. The van der Waals surface area contributed by atoms with Gasteiger partial charge in [-0.1, -0.05) is 24.3 Å². The molecule has 3 heterocycles. The van der Waals surface area contributed by atoms with Crippen molar-refractivity contribution in [1.29, 1.82) is 0 Å². The Morgan fingerprint density at radius 3 is 2.32 bits per heavy atom. The highest BCUT2D eigenvalue weighted by molar-refractivity contribution is 5.95. The Labute approximate surface area is 182 Å². The van der Waals surface area contributed by atoms with E-state index in [2.05, 4.69) is 18.2 Å². The number of rotatable bonds is 3. The predicted octanol–water partition coefficient (Wildman–Crippen LogP) is 2.93. The first-order valence-electron chi connectivity index (χ1n) is 11.4. The van der Waals surface area contributed by atoms with Crippen molar-refractivity contribution < 1.29 is 9.59 Å². The van der Waals surface area contributed by atoms with Gasteiger partial charge < -0.3 is 14.4 Å². The third kappa shape index (κ3) is 3.80. The standard InChI is InChI=1S/C25H29N3O3/c1-17-8-15-28(21-6-7-21)25(31)22(17)24(30)26-12-10-19(11-13-26)23(29)27-14-9-18-4-2-3-5-20(18)16-27/h2-5,8,15,19,21H,6-7,9-14,16H2,1H3. The van der Waals surface area contributed by atoms with Gasteiger partial charge in [0.25, 0.3) is 11.5 Å². The molecular weight excluding hydrogens is 390 g/mol. The SMILES string of the molecule is Cc1ccn(C2CC2)c(=O)c1C(=O)N1CCC(C(=O)N2CCc3ccccc3C2)CC1. The van der Waals surface area contributed by atoms with Crippen LogP contribution in [0, 0.1) is 12.8 Å². The number of carbonyl (C=O) groups is 2. The number of carbonyl (C=O) groups excluding carboxylic acids is 2. The molecule has 0 atom stereocenters. The van der Waals surface area contributed by atoms with E-state index < -0.39 is 0 Å². The third-order valence-corrected chi connectivity index (χ3v) is 7.06. The number of amides is 2. The fourth-order valence-electron chi connectivity index (χ4n) is 4.97. The van der Waals surface area contributed by atoms with E-state index >= 15 is 0 Å². The van der Waals surface area contributed by atoms with Crippen molar-refractivity contribution in [3.63, 3.8) is 0 Å². The Morgan fingerprint density at radius 2 is 1.61 bits per heavy atom. The van der Waals surface area contributed by atoms with Crippen LogP contribution >= 0.6 is 0 Å². The lowest BCUT2D eigenvalue weighted by molar-refractivity contribution is -0.137. The van der Waals surface area contributed by atoms with Crippen LogP contribution in [0.5, 0.6) is 0 Å². The number of benzene rings is 1. The summed E-state index contributed by atoms with van der Waals surface area (Å²) in [6.45, 7) is 4.32. The maximum atomic E-state index is 13.2. The molecule has 2 aliphatic heterocycles. The minimum absolute atomic E-state index is 0.0469. The van der Waals surface area contributed by atoms with Gasteiger partial charge >= 0.3 is 0 Å². The van der Waals surface area contributed by atoms with Crippen LogP contribution in [-0.4, -0.2) is 45.8 Å². The first kappa shape index (κ1) is 20.0. The summed E-state index contributed by atoms with van der Waals surface area (Å²) in [5.41, 5.74) is 3.44. The molecule has 2 amide bonds. The van der Waals surface area contributed by atoms with Gasteiger partial charge in [-0.2, -0.15) is 0 Å². The number of piperidine rings is 1. The molecule has 0 radical (unpaired) electrons. The topological polar surface area (TPSA) is 62.6 Å². The van der Waals surface area contributed by atoms with Gasteiger partial charge in [-0.05, 0) is 61.8 Å². The second kappa shape index (κ2) is 7.98. The van der Waals surface area contributed by atoms with Crippen LogP contribution in [0.2, 0.25) is 0 Å². The molecule has 3 aliphatic rings. The number of nitrogens with zero attached hydrogens (tertiary/aromatic N) is 3. The smallest absolute Gasteiger partial charge is 0.263 e. The number of aryl methyl sites for hydroxylation is 1. The molecule has 0 spiro atoms. The lowest BCUT2D eigenvalue weighted by Gasteiger charge is -2.36. The number of fused-ring (bicyclic) bond motifs is 1. The Hall–Kier alpha value is -2.89. The summed E-state index contributed by atoms with van der Waals surface area (Å²) in [4.78, 5) is 42.9. The maximum Gasteiger partial charge on any atom is 0.263 e. The van der Waals surface area contributed by atoms with Gasteiger partial charge in [0.15, 0.2) is 0 Å². The minimum atomic E-state index is -0.185. The monoisotopic (exact) mass is 419 g/mol. The summed E-state index contributed by atoms with van der Waals surface area (Å²) in [5, 5.41) is 0. The fourth-order valence-corrected chi connectivity index (χ4v) is 4.97. The van der Waals surface area contributed by atoms with E-state index in [0.717, 1.165) is 31.4 Å². The summed E-state index contributed by atoms with van der Waals surface area (Å²) in [5.74, 6) is -0.0295. The first-order valence-corrected chi connectivity index (χ1v) is 11.4. The Kier molecular flexibility index (Phi) is 5.16. The second-order valence-corrected chi connectivity index (χ2v) is 9.16. The lowest BCUT2D eigenvalue weighted by atomic mass is 9.92. The van der Waals surface area contributed by atoms with E-state index in [-0.39, 0.29) is 29.3 Å². The van der Waals surface area contributed by atoms with Crippen molar-refractivity contribution in [3.8, 4) is 0 Å².